The number of H-pyrrole nitrogens is 1. The van der Waals surface area contributed by atoms with Crippen LogP contribution in [0.15, 0.2) is 29.1 Å². The first kappa shape index (κ1) is 12.7. The fraction of sp³-hybridized carbons (Fsp3) is 0.385. The van der Waals surface area contributed by atoms with Crippen molar-refractivity contribution in [1.29, 1.82) is 0 Å². The molecule has 2 rings (SSSR count). The normalized spacial score (nSPS) is 12.8. The summed E-state index contributed by atoms with van der Waals surface area (Å²) in [7, 11) is 1.67. The van der Waals surface area contributed by atoms with Crippen LogP contribution in [-0.4, -0.2) is 29.7 Å². The summed E-state index contributed by atoms with van der Waals surface area (Å²) in [5, 5.41) is 3.80. The number of fused-ring (bicyclic) bond motifs is 1. The molecule has 1 atom stereocenters. The minimum atomic E-state index is -0.0998. The second kappa shape index (κ2) is 5.75. The van der Waals surface area contributed by atoms with Gasteiger partial charge >= 0.3 is 0 Å². The van der Waals surface area contributed by atoms with Crippen molar-refractivity contribution in [3.8, 4) is 0 Å². The van der Waals surface area contributed by atoms with E-state index in [1.54, 1.807) is 13.2 Å². The van der Waals surface area contributed by atoms with E-state index in [-0.39, 0.29) is 11.7 Å². The highest BCUT2D eigenvalue weighted by molar-refractivity contribution is 5.77. The molecule has 2 aromatic rings. The van der Waals surface area contributed by atoms with Gasteiger partial charge in [0.25, 0.3) is 5.56 Å². The SMILES string of the molecule is COC(C)CNCc1nc2ccccc2c(=O)[nH]1. The lowest BCUT2D eigenvalue weighted by molar-refractivity contribution is 0.117. The highest BCUT2D eigenvalue weighted by atomic mass is 16.5. The van der Waals surface area contributed by atoms with E-state index < -0.39 is 0 Å². The van der Waals surface area contributed by atoms with Gasteiger partial charge in [0.15, 0.2) is 0 Å². The Hall–Kier alpha value is -1.72. The monoisotopic (exact) mass is 247 g/mol. The molecule has 0 fully saturated rings. The second-order valence-corrected chi connectivity index (χ2v) is 4.21. The third-order valence-electron chi connectivity index (χ3n) is 2.79. The first-order valence-electron chi connectivity index (χ1n) is 5.92. The number of hydrogen-bond donors (Lipinski definition) is 2. The first-order valence-corrected chi connectivity index (χ1v) is 5.92. The summed E-state index contributed by atoms with van der Waals surface area (Å²) >= 11 is 0. The highest BCUT2D eigenvalue weighted by Crippen LogP contribution is 2.05. The van der Waals surface area contributed by atoms with Gasteiger partial charge in [0.2, 0.25) is 0 Å². The van der Waals surface area contributed by atoms with Crippen LogP contribution in [0.25, 0.3) is 10.9 Å². The summed E-state index contributed by atoms with van der Waals surface area (Å²) in [6, 6.07) is 7.31. The van der Waals surface area contributed by atoms with Gasteiger partial charge in [-0.3, -0.25) is 4.79 Å². The number of ether oxygens (including phenoxy) is 1. The molecule has 0 bridgehead atoms. The van der Waals surface area contributed by atoms with Crippen LogP contribution in [0.1, 0.15) is 12.7 Å². The van der Waals surface area contributed by atoms with Gasteiger partial charge in [-0.1, -0.05) is 12.1 Å². The van der Waals surface area contributed by atoms with E-state index in [1.165, 1.54) is 0 Å². The zero-order valence-corrected chi connectivity index (χ0v) is 10.6. The van der Waals surface area contributed by atoms with Crippen LogP contribution in [-0.2, 0) is 11.3 Å². The molecule has 5 nitrogen and oxygen atoms in total. The molecule has 1 aromatic heterocycles. The molecule has 1 aromatic carbocycles. The Kier molecular flexibility index (Phi) is 4.07. The van der Waals surface area contributed by atoms with Crippen molar-refractivity contribution in [3.05, 3.63) is 40.4 Å². The maximum Gasteiger partial charge on any atom is 0.258 e. The fourth-order valence-electron chi connectivity index (χ4n) is 1.70. The van der Waals surface area contributed by atoms with Gasteiger partial charge in [-0.05, 0) is 19.1 Å². The number of hydrogen-bond acceptors (Lipinski definition) is 4. The van der Waals surface area contributed by atoms with Crippen LogP contribution in [0.3, 0.4) is 0 Å². The number of aromatic nitrogens is 2. The van der Waals surface area contributed by atoms with Crippen LogP contribution in [0.4, 0.5) is 0 Å². The van der Waals surface area contributed by atoms with Gasteiger partial charge in [0, 0.05) is 13.7 Å². The van der Waals surface area contributed by atoms with Gasteiger partial charge in [0.1, 0.15) is 5.82 Å². The number of nitrogens with one attached hydrogen (secondary N) is 2. The minimum absolute atomic E-state index is 0.0998. The highest BCUT2D eigenvalue weighted by Gasteiger charge is 2.03. The summed E-state index contributed by atoms with van der Waals surface area (Å²) in [6.45, 7) is 3.21. The third kappa shape index (κ3) is 2.94. The lowest BCUT2D eigenvalue weighted by Crippen LogP contribution is -2.27. The van der Waals surface area contributed by atoms with Gasteiger partial charge in [-0.2, -0.15) is 0 Å². The van der Waals surface area contributed by atoms with E-state index in [4.69, 9.17) is 4.74 Å². The van der Waals surface area contributed by atoms with Crippen molar-refractivity contribution in [2.75, 3.05) is 13.7 Å². The Bertz CT molecular complexity index is 580. The van der Waals surface area contributed by atoms with Crippen molar-refractivity contribution in [3.63, 3.8) is 0 Å². The summed E-state index contributed by atoms with van der Waals surface area (Å²) in [5.41, 5.74) is 0.620. The Morgan fingerprint density at radius 1 is 1.44 bits per heavy atom. The molecule has 0 saturated carbocycles. The Morgan fingerprint density at radius 2 is 2.22 bits per heavy atom. The molecule has 0 amide bonds. The van der Waals surface area contributed by atoms with Gasteiger partial charge in [-0.25, -0.2) is 4.98 Å². The average Bonchev–Trinajstić information content (AvgIpc) is 2.38. The van der Waals surface area contributed by atoms with E-state index in [0.29, 0.717) is 24.3 Å². The fourth-order valence-corrected chi connectivity index (χ4v) is 1.70. The van der Waals surface area contributed by atoms with E-state index >= 15 is 0 Å². The molecule has 1 heterocycles. The van der Waals surface area contributed by atoms with Crippen LogP contribution in [0.5, 0.6) is 0 Å². The lowest BCUT2D eigenvalue weighted by atomic mass is 10.2. The van der Waals surface area contributed by atoms with Crippen molar-refractivity contribution < 1.29 is 4.74 Å². The quantitative estimate of drug-likeness (QED) is 0.828. The van der Waals surface area contributed by atoms with Gasteiger partial charge < -0.3 is 15.0 Å². The molecule has 5 heteroatoms. The molecule has 18 heavy (non-hydrogen) atoms. The molecule has 0 aliphatic rings. The molecule has 0 aliphatic carbocycles. The maximum absolute atomic E-state index is 11.8. The minimum Gasteiger partial charge on any atom is -0.380 e. The van der Waals surface area contributed by atoms with Crippen LogP contribution >= 0.6 is 0 Å². The molecular formula is C13H17N3O2. The topological polar surface area (TPSA) is 67.0 Å². The van der Waals surface area contributed by atoms with Crippen molar-refractivity contribution in [2.24, 2.45) is 0 Å². The number of para-hydroxylation sites is 1. The summed E-state index contributed by atoms with van der Waals surface area (Å²) in [5.74, 6) is 0.641. The Balaban J connectivity index is 2.12. The van der Waals surface area contributed by atoms with E-state index in [9.17, 15) is 4.79 Å². The number of methoxy groups -OCH3 is 1. The van der Waals surface area contributed by atoms with Crippen LogP contribution in [0, 0.1) is 0 Å². The molecule has 0 spiro atoms. The van der Waals surface area contributed by atoms with E-state index in [2.05, 4.69) is 15.3 Å². The molecule has 1 unspecified atom stereocenters. The van der Waals surface area contributed by atoms with E-state index in [0.717, 1.165) is 5.52 Å². The maximum atomic E-state index is 11.8. The number of benzene rings is 1. The van der Waals surface area contributed by atoms with Crippen LogP contribution in [0.2, 0.25) is 0 Å². The zero-order valence-electron chi connectivity index (χ0n) is 10.6. The first-order chi connectivity index (χ1) is 8.70. The van der Waals surface area contributed by atoms with Gasteiger partial charge in [0.05, 0.1) is 23.6 Å². The molecule has 0 saturated heterocycles. The summed E-state index contributed by atoms with van der Waals surface area (Å²) in [4.78, 5) is 19.0. The molecule has 96 valence electrons. The Morgan fingerprint density at radius 3 is 3.00 bits per heavy atom. The third-order valence-corrected chi connectivity index (χ3v) is 2.79. The predicted octanol–water partition coefficient (Wildman–Crippen LogP) is 1.05. The predicted molar refractivity (Wildman–Crippen MR) is 70.5 cm³/mol. The lowest BCUT2D eigenvalue weighted by Gasteiger charge is -2.10. The average molecular weight is 247 g/mol. The molecular weight excluding hydrogens is 230 g/mol. The zero-order chi connectivity index (χ0) is 13.0. The standard InChI is InChI=1S/C13H17N3O2/c1-9(18-2)7-14-8-12-15-11-6-4-3-5-10(11)13(17)16-12/h3-6,9,14H,7-8H2,1-2H3,(H,15,16,17). The van der Waals surface area contributed by atoms with E-state index in [1.807, 2.05) is 25.1 Å². The smallest absolute Gasteiger partial charge is 0.258 e. The molecule has 0 aliphatic heterocycles. The van der Waals surface area contributed by atoms with Gasteiger partial charge in [-0.15, -0.1) is 0 Å². The van der Waals surface area contributed by atoms with Crippen LogP contribution < -0.4 is 10.9 Å². The number of rotatable bonds is 5. The Labute approximate surface area is 105 Å². The molecule has 0 radical (unpaired) electrons. The summed E-state index contributed by atoms with van der Waals surface area (Å²) < 4.78 is 5.13. The number of nitrogens with zero attached hydrogens (tertiary/aromatic N) is 1. The van der Waals surface area contributed by atoms with Crippen molar-refractivity contribution >= 4 is 10.9 Å². The van der Waals surface area contributed by atoms with Crippen molar-refractivity contribution in [2.45, 2.75) is 19.6 Å². The molecule has 2 N–H and O–H groups in total. The second-order valence-electron chi connectivity index (χ2n) is 4.21. The number of aromatic amines is 1. The largest absolute Gasteiger partial charge is 0.380 e. The van der Waals surface area contributed by atoms with Crippen molar-refractivity contribution in [1.82, 2.24) is 15.3 Å². The summed E-state index contributed by atoms with van der Waals surface area (Å²) in [6.07, 6.45) is 0.136.